The molecule has 0 spiro atoms. The maximum Gasteiger partial charge on any atom is 0.244 e. The number of hydrogen-bond acceptors (Lipinski definition) is 8. The summed E-state index contributed by atoms with van der Waals surface area (Å²) in [5, 5.41) is 10.8. The minimum atomic E-state index is -1.01. The lowest BCUT2D eigenvalue weighted by Gasteiger charge is -2.34. The molecule has 0 heterocycles. The molecule has 0 aromatic heterocycles. The predicted molar refractivity (Wildman–Crippen MR) is 136 cm³/mol. The van der Waals surface area contributed by atoms with Gasteiger partial charge in [0, 0.05) is 39.5 Å². The van der Waals surface area contributed by atoms with Crippen molar-refractivity contribution in [2.75, 3.05) is 65.8 Å². The van der Waals surface area contributed by atoms with Gasteiger partial charge in [0.05, 0.1) is 26.4 Å². The van der Waals surface area contributed by atoms with Crippen LogP contribution in [0.1, 0.15) is 19.3 Å². The van der Waals surface area contributed by atoms with Crippen LogP contribution in [0.15, 0.2) is 38.0 Å². The van der Waals surface area contributed by atoms with Gasteiger partial charge >= 0.3 is 0 Å². The number of amides is 4. The third kappa shape index (κ3) is 17.4. The maximum absolute atomic E-state index is 12.2. The van der Waals surface area contributed by atoms with Crippen LogP contribution in [-0.2, 0) is 33.4 Å². The normalized spacial score (nSPS) is 10.7. The highest BCUT2D eigenvalue weighted by atomic mass is 16.5. The van der Waals surface area contributed by atoms with E-state index in [4.69, 9.17) is 19.9 Å². The monoisotopic (exact) mass is 511 g/mol. The summed E-state index contributed by atoms with van der Waals surface area (Å²) in [5.74, 6) is -1.21. The lowest BCUT2D eigenvalue weighted by Crippen LogP contribution is -2.58. The average molecular weight is 512 g/mol. The van der Waals surface area contributed by atoms with E-state index in [1.165, 1.54) is 12.2 Å². The molecule has 0 aliphatic rings. The number of nitrogens with one attached hydrogen (secondary N) is 4. The van der Waals surface area contributed by atoms with Gasteiger partial charge in [0.2, 0.25) is 23.6 Å². The first-order chi connectivity index (χ1) is 17.3. The fourth-order valence-corrected chi connectivity index (χ4v) is 2.74. The summed E-state index contributed by atoms with van der Waals surface area (Å²) in [6.07, 6.45) is 5.18. The number of nitrogens with two attached hydrogens (primary N) is 1. The van der Waals surface area contributed by atoms with E-state index in [-0.39, 0.29) is 44.1 Å². The van der Waals surface area contributed by atoms with Crippen molar-refractivity contribution < 1.29 is 33.4 Å². The summed E-state index contributed by atoms with van der Waals surface area (Å²) in [6.45, 7) is 12.6. The van der Waals surface area contributed by atoms with Crippen LogP contribution in [0.25, 0.3) is 0 Å². The molecule has 0 aliphatic carbocycles. The van der Waals surface area contributed by atoms with E-state index in [0.29, 0.717) is 58.7 Å². The zero-order chi connectivity index (χ0) is 27.1. The Morgan fingerprint density at radius 2 is 1.06 bits per heavy atom. The second-order valence-corrected chi connectivity index (χ2v) is 7.74. The lowest BCUT2D eigenvalue weighted by molar-refractivity contribution is -0.123. The third-order valence-corrected chi connectivity index (χ3v) is 4.58. The molecular weight excluding hydrogens is 470 g/mol. The first-order valence-electron chi connectivity index (χ1n) is 11.8. The van der Waals surface area contributed by atoms with Gasteiger partial charge in [0.1, 0.15) is 5.54 Å². The Bertz CT molecular complexity index is 683. The fourth-order valence-electron chi connectivity index (χ4n) is 2.74. The molecule has 0 atom stereocenters. The van der Waals surface area contributed by atoms with Crippen molar-refractivity contribution in [1.82, 2.24) is 21.3 Å². The zero-order valence-electron chi connectivity index (χ0n) is 21.0. The molecule has 0 unspecified atom stereocenters. The van der Waals surface area contributed by atoms with Gasteiger partial charge in [0.25, 0.3) is 0 Å². The molecule has 4 amide bonds. The quantitative estimate of drug-likeness (QED) is 0.0852. The Morgan fingerprint density at radius 3 is 1.42 bits per heavy atom. The molecule has 0 aromatic carbocycles. The van der Waals surface area contributed by atoms with Gasteiger partial charge in [0.15, 0.2) is 0 Å². The molecule has 204 valence electrons. The minimum Gasteiger partial charge on any atom is -0.379 e. The summed E-state index contributed by atoms with van der Waals surface area (Å²) in [6, 6.07) is 0. The Balaban J connectivity index is 4.92. The lowest BCUT2D eigenvalue weighted by atomic mass is 10.0. The highest BCUT2D eigenvalue weighted by molar-refractivity contribution is 5.87. The number of ether oxygens (including phenoxy) is 3. The summed E-state index contributed by atoms with van der Waals surface area (Å²) in [5.41, 5.74) is 4.24. The van der Waals surface area contributed by atoms with E-state index in [9.17, 15) is 19.2 Å². The van der Waals surface area contributed by atoms with Crippen molar-refractivity contribution in [3.8, 4) is 0 Å². The van der Waals surface area contributed by atoms with Crippen LogP contribution in [0, 0.1) is 0 Å². The van der Waals surface area contributed by atoms with E-state index in [1.807, 2.05) is 0 Å². The standard InChI is InChI=1S/C24H41N5O7/c1-4-20(30)26-10-7-13-34-17-24(29-22(32)6-3,18-35-14-8-11-27-21(31)5-2)19-36-15-9-12-28-23(33)16-25/h4-6H,1-3,7-19,25H2,(H,26,30)(H,27,31)(H,28,33)(H,29,32). The number of carbonyl (C=O) groups excluding carboxylic acids is 4. The van der Waals surface area contributed by atoms with Crippen LogP contribution in [0.3, 0.4) is 0 Å². The summed E-state index contributed by atoms with van der Waals surface area (Å²) in [4.78, 5) is 45.9. The Labute approximate surface area is 213 Å². The summed E-state index contributed by atoms with van der Waals surface area (Å²) < 4.78 is 17.3. The molecule has 0 radical (unpaired) electrons. The van der Waals surface area contributed by atoms with Crippen LogP contribution < -0.4 is 27.0 Å². The van der Waals surface area contributed by atoms with Crippen LogP contribution >= 0.6 is 0 Å². The first kappa shape index (κ1) is 32.9. The van der Waals surface area contributed by atoms with Crippen LogP contribution in [-0.4, -0.2) is 95.0 Å². The molecular formula is C24H41N5O7. The SMILES string of the molecule is C=CC(=O)NCCCOCC(COCCCNC(=O)C=C)(COCCCNC(=O)CN)NC(=O)C=C. The molecule has 12 nitrogen and oxygen atoms in total. The van der Waals surface area contributed by atoms with Gasteiger partial charge in [-0.25, -0.2) is 0 Å². The van der Waals surface area contributed by atoms with E-state index < -0.39 is 11.4 Å². The Kier molecular flexibility index (Phi) is 19.4. The van der Waals surface area contributed by atoms with Crippen molar-refractivity contribution in [2.24, 2.45) is 5.73 Å². The van der Waals surface area contributed by atoms with E-state index >= 15 is 0 Å². The molecule has 0 rings (SSSR count). The average Bonchev–Trinajstić information content (AvgIpc) is 2.89. The van der Waals surface area contributed by atoms with E-state index in [2.05, 4.69) is 41.0 Å². The second kappa shape index (κ2) is 21.2. The van der Waals surface area contributed by atoms with Crippen molar-refractivity contribution in [1.29, 1.82) is 0 Å². The molecule has 0 saturated carbocycles. The van der Waals surface area contributed by atoms with Gasteiger partial charge < -0.3 is 41.2 Å². The zero-order valence-corrected chi connectivity index (χ0v) is 21.0. The molecule has 6 N–H and O–H groups in total. The molecule has 0 fully saturated rings. The second-order valence-electron chi connectivity index (χ2n) is 7.74. The molecule has 0 aliphatic heterocycles. The number of hydrogen-bond donors (Lipinski definition) is 5. The first-order valence-corrected chi connectivity index (χ1v) is 11.8. The van der Waals surface area contributed by atoms with Crippen molar-refractivity contribution >= 4 is 23.6 Å². The van der Waals surface area contributed by atoms with Gasteiger partial charge in [-0.3, -0.25) is 19.2 Å². The highest BCUT2D eigenvalue weighted by Gasteiger charge is 2.33. The van der Waals surface area contributed by atoms with E-state index in [1.54, 1.807) is 0 Å². The topological polar surface area (TPSA) is 170 Å². The summed E-state index contributed by atoms with van der Waals surface area (Å²) in [7, 11) is 0. The largest absolute Gasteiger partial charge is 0.379 e. The molecule has 0 bridgehead atoms. The van der Waals surface area contributed by atoms with Gasteiger partial charge in [-0.15, -0.1) is 0 Å². The Morgan fingerprint density at radius 1 is 0.667 bits per heavy atom. The smallest absolute Gasteiger partial charge is 0.244 e. The van der Waals surface area contributed by atoms with Gasteiger partial charge in [-0.1, -0.05) is 19.7 Å². The molecule has 0 aromatic rings. The maximum atomic E-state index is 12.2. The fraction of sp³-hybridized carbons (Fsp3) is 0.583. The minimum absolute atomic E-state index is 0.0812. The summed E-state index contributed by atoms with van der Waals surface area (Å²) >= 11 is 0. The van der Waals surface area contributed by atoms with Gasteiger partial charge in [-0.2, -0.15) is 0 Å². The van der Waals surface area contributed by atoms with Gasteiger partial charge in [-0.05, 0) is 37.5 Å². The van der Waals surface area contributed by atoms with Crippen LogP contribution in [0.2, 0.25) is 0 Å². The van der Waals surface area contributed by atoms with Crippen molar-refractivity contribution in [2.45, 2.75) is 24.8 Å². The highest BCUT2D eigenvalue weighted by Crippen LogP contribution is 2.10. The Hall–Kier alpha value is -3.06. The van der Waals surface area contributed by atoms with Crippen molar-refractivity contribution in [3.05, 3.63) is 38.0 Å². The van der Waals surface area contributed by atoms with E-state index in [0.717, 1.165) is 6.08 Å². The predicted octanol–water partition coefficient (Wildman–Crippen LogP) is -1.07. The number of carbonyl (C=O) groups is 4. The molecule has 0 saturated heterocycles. The van der Waals surface area contributed by atoms with Crippen LogP contribution in [0.4, 0.5) is 0 Å². The number of rotatable bonds is 23. The van der Waals surface area contributed by atoms with Crippen LogP contribution in [0.5, 0.6) is 0 Å². The third-order valence-electron chi connectivity index (χ3n) is 4.58. The molecule has 12 heteroatoms. The van der Waals surface area contributed by atoms with Crippen molar-refractivity contribution in [3.63, 3.8) is 0 Å². The molecule has 36 heavy (non-hydrogen) atoms.